The number of likely N-dealkylation sites (tertiary alicyclic amines) is 1. The van der Waals surface area contributed by atoms with Crippen LogP contribution in [0.15, 0.2) is 72.8 Å². The highest BCUT2D eigenvalue weighted by Gasteiger charge is 2.29. The van der Waals surface area contributed by atoms with Crippen LogP contribution in [-0.2, 0) is 27.2 Å². The first kappa shape index (κ1) is 41.8. The van der Waals surface area contributed by atoms with E-state index in [-0.39, 0.29) is 17.6 Å². The first-order chi connectivity index (χ1) is 28.4. The van der Waals surface area contributed by atoms with Gasteiger partial charge in [-0.25, -0.2) is 14.8 Å². The number of nitrogens with one attached hydrogen (secondary N) is 1. The lowest BCUT2D eigenvalue weighted by molar-refractivity contribution is -0.145. The molecule has 2 atom stereocenters. The maximum atomic E-state index is 13.9. The van der Waals surface area contributed by atoms with Crippen molar-refractivity contribution in [3.05, 3.63) is 101 Å². The number of anilines is 2. The third-order valence-electron chi connectivity index (χ3n) is 11.2. The number of piperidine rings is 1. The summed E-state index contributed by atoms with van der Waals surface area (Å²) < 4.78 is 18.5. The van der Waals surface area contributed by atoms with E-state index in [4.69, 9.17) is 19.2 Å². The van der Waals surface area contributed by atoms with Crippen molar-refractivity contribution >= 4 is 50.3 Å². The van der Waals surface area contributed by atoms with Crippen LogP contribution in [0.25, 0.3) is 21.3 Å². The van der Waals surface area contributed by atoms with E-state index in [1.54, 1.807) is 0 Å². The molecule has 0 aliphatic carbocycles. The summed E-state index contributed by atoms with van der Waals surface area (Å²) in [6.07, 6.45) is 4.80. The van der Waals surface area contributed by atoms with Gasteiger partial charge in [0.05, 0.1) is 30.0 Å². The Morgan fingerprint density at radius 2 is 1.76 bits per heavy atom. The Morgan fingerprint density at radius 1 is 0.949 bits per heavy atom. The number of hydrogen-bond donors (Lipinski definition) is 1. The Morgan fingerprint density at radius 3 is 2.54 bits per heavy atom. The van der Waals surface area contributed by atoms with Gasteiger partial charge in [0.1, 0.15) is 17.2 Å². The average molecular weight is 818 g/mol. The molecule has 1 fully saturated rings. The molecular weight excluding hydrogens is 763 g/mol. The van der Waals surface area contributed by atoms with Crippen LogP contribution in [0.4, 0.5) is 10.9 Å². The van der Waals surface area contributed by atoms with Crippen LogP contribution in [0, 0.1) is 12.8 Å². The van der Waals surface area contributed by atoms with Crippen molar-refractivity contribution in [3.63, 3.8) is 0 Å². The Hall–Kier alpha value is -5.33. The van der Waals surface area contributed by atoms with Gasteiger partial charge in [-0.3, -0.25) is 19.8 Å². The van der Waals surface area contributed by atoms with E-state index >= 15 is 0 Å². The van der Waals surface area contributed by atoms with Gasteiger partial charge in [-0.05, 0) is 145 Å². The summed E-state index contributed by atoms with van der Waals surface area (Å²) in [5.74, 6) is 1.12. The second-order valence-electron chi connectivity index (χ2n) is 16.6. The van der Waals surface area contributed by atoms with Gasteiger partial charge in [0.25, 0.3) is 5.91 Å². The van der Waals surface area contributed by atoms with E-state index in [1.807, 2.05) is 101 Å². The van der Waals surface area contributed by atoms with Crippen molar-refractivity contribution in [2.45, 2.75) is 91.8 Å². The summed E-state index contributed by atoms with van der Waals surface area (Å²) in [7, 11) is 0. The Kier molecular flexibility index (Phi) is 13.0. The summed E-state index contributed by atoms with van der Waals surface area (Å²) in [5.41, 5.74) is 5.42. The fraction of sp³-hybridized carbons (Fsp3) is 0.426. The van der Waals surface area contributed by atoms with Crippen LogP contribution in [0.3, 0.4) is 0 Å². The van der Waals surface area contributed by atoms with E-state index < -0.39 is 11.6 Å². The maximum Gasteiger partial charge on any atom is 0.358 e. The monoisotopic (exact) mass is 817 g/mol. The predicted octanol–water partition coefficient (Wildman–Crippen LogP) is 9.26. The van der Waals surface area contributed by atoms with Gasteiger partial charge in [-0.2, -0.15) is 0 Å². The zero-order valence-electron chi connectivity index (χ0n) is 35.0. The van der Waals surface area contributed by atoms with Gasteiger partial charge < -0.3 is 19.1 Å². The smallest absolute Gasteiger partial charge is 0.358 e. The fourth-order valence-corrected chi connectivity index (χ4v) is 9.07. The van der Waals surface area contributed by atoms with Crippen LogP contribution >= 0.6 is 11.3 Å². The second kappa shape index (κ2) is 18.3. The van der Waals surface area contributed by atoms with Gasteiger partial charge >= 0.3 is 11.9 Å². The zero-order valence-corrected chi connectivity index (χ0v) is 35.8. The number of fused-ring (bicyclic) bond motifs is 2. The molecule has 1 amide bonds. The number of rotatable bonds is 13. The van der Waals surface area contributed by atoms with Crippen molar-refractivity contribution in [3.8, 4) is 16.9 Å². The molecule has 7 rings (SSSR count). The summed E-state index contributed by atoms with van der Waals surface area (Å²) in [5, 5.41) is 3.58. The van der Waals surface area contributed by atoms with Crippen LogP contribution < -0.4 is 15.0 Å². The van der Waals surface area contributed by atoms with E-state index in [2.05, 4.69) is 33.1 Å². The van der Waals surface area contributed by atoms with Crippen LogP contribution in [0.2, 0.25) is 0 Å². The molecule has 0 radical (unpaired) electrons. The second-order valence-corrected chi connectivity index (χ2v) is 17.6. The third kappa shape index (κ3) is 10.1. The average Bonchev–Trinajstić information content (AvgIpc) is 3.62. The molecule has 3 aromatic carbocycles. The van der Waals surface area contributed by atoms with E-state index in [9.17, 15) is 14.4 Å². The molecule has 2 aromatic heterocycles. The van der Waals surface area contributed by atoms with Gasteiger partial charge in [0, 0.05) is 30.3 Å². The standard InChI is InChI=1S/C47H55N5O6S/c1-7-56-42(53)29-51-24-22-32(27-30(51)2)13-12-26-57-39-18-11-15-34(31(39)3)35-20-21-41(49-43(35)45(55)58-47(4,5)6)52-25-23-33-14-10-16-36(37(33)28-52)44(54)50-46-48-38-17-8-9-19-40(38)59-46/h8-11,14-21,30,32H,7,12-13,22-29H2,1-6H3,(H,48,50,54)/t30-,32+/m0/s1. The molecular formula is C47H55N5O6S. The van der Waals surface area contributed by atoms with Crippen LogP contribution in [0.5, 0.6) is 5.75 Å². The van der Waals surface area contributed by atoms with Gasteiger partial charge in [-0.1, -0.05) is 47.7 Å². The zero-order chi connectivity index (χ0) is 41.7. The highest BCUT2D eigenvalue weighted by molar-refractivity contribution is 7.22. The number of pyridine rings is 1. The highest BCUT2D eigenvalue weighted by Crippen LogP contribution is 2.36. The molecule has 2 aliphatic heterocycles. The number of carbonyl (C=O) groups is 3. The first-order valence-electron chi connectivity index (χ1n) is 20.8. The van der Waals surface area contributed by atoms with E-state index in [1.165, 1.54) is 11.3 Å². The van der Waals surface area contributed by atoms with Crippen molar-refractivity contribution in [2.24, 2.45) is 5.92 Å². The molecule has 1 saturated heterocycles. The lowest BCUT2D eigenvalue weighted by Crippen LogP contribution is -2.43. The number of para-hydroxylation sites is 1. The number of ether oxygens (including phenoxy) is 3. The Balaban J connectivity index is 1.06. The van der Waals surface area contributed by atoms with Crippen molar-refractivity contribution < 1.29 is 28.6 Å². The van der Waals surface area contributed by atoms with Gasteiger partial charge in [-0.15, -0.1) is 0 Å². The molecule has 1 N–H and O–H groups in total. The van der Waals surface area contributed by atoms with E-state index in [0.717, 1.165) is 76.9 Å². The molecule has 0 saturated carbocycles. The summed E-state index contributed by atoms with van der Waals surface area (Å²) in [4.78, 5) is 53.6. The summed E-state index contributed by atoms with van der Waals surface area (Å²) >= 11 is 1.45. The lowest BCUT2D eigenvalue weighted by atomic mass is 9.88. The minimum atomic E-state index is -0.725. The quantitative estimate of drug-likeness (QED) is 0.0909. The van der Waals surface area contributed by atoms with E-state index in [0.29, 0.717) is 66.9 Å². The Bertz CT molecular complexity index is 2290. The summed E-state index contributed by atoms with van der Waals surface area (Å²) in [6, 6.07) is 23.8. The number of nitrogens with zero attached hydrogens (tertiary/aromatic N) is 4. The number of esters is 2. The predicted molar refractivity (Wildman–Crippen MR) is 233 cm³/mol. The normalized spacial score (nSPS) is 17.0. The largest absolute Gasteiger partial charge is 0.493 e. The number of amides is 1. The molecule has 0 bridgehead atoms. The van der Waals surface area contributed by atoms with Gasteiger partial charge in [0.15, 0.2) is 10.8 Å². The first-order valence-corrected chi connectivity index (χ1v) is 21.6. The van der Waals surface area contributed by atoms with Gasteiger partial charge in [0.2, 0.25) is 0 Å². The number of aromatic nitrogens is 2. The fourth-order valence-electron chi connectivity index (χ4n) is 8.21. The SMILES string of the molecule is CCOC(=O)CN1CC[C@@H](CCCOc2cccc(-c3ccc(N4CCc5cccc(C(=O)Nc6nc7ccccc7s6)c5C4)nc3C(=O)OC(C)(C)C)c2C)C[C@@H]1C. The molecule has 5 aromatic rings. The molecule has 11 nitrogen and oxygen atoms in total. The highest BCUT2D eigenvalue weighted by atomic mass is 32.1. The number of carbonyl (C=O) groups excluding carboxylic acids is 3. The molecule has 310 valence electrons. The number of thiazole rings is 1. The molecule has 4 heterocycles. The van der Waals surface area contributed by atoms with Crippen molar-refractivity contribution in [2.75, 3.05) is 43.1 Å². The Labute approximate surface area is 351 Å². The van der Waals surface area contributed by atoms with Crippen molar-refractivity contribution in [1.82, 2.24) is 14.9 Å². The number of benzene rings is 3. The third-order valence-corrected chi connectivity index (χ3v) is 12.1. The van der Waals surface area contributed by atoms with Crippen LogP contribution in [0.1, 0.15) is 97.8 Å². The maximum absolute atomic E-state index is 13.9. The molecule has 12 heteroatoms. The minimum absolute atomic E-state index is 0.152. The van der Waals surface area contributed by atoms with Crippen LogP contribution in [-0.4, -0.2) is 77.2 Å². The molecule has 2 aliphatic rings. The van der Waals surface area contributed by atoms with Crippen molar-refractivity contribution in [1.29, 1.82) is 0 Å². The minimum Gasteiger partial charge on any atom is -0.493 e. The molecule has 59 heavy (non-hydrogen) atoms. The molecule has 0 spiro atoms. The number of hydrogen-bond acceptors (Lipinski definition) is 11. The summed E-state index contributed by atoms with van der Waals surface area (Å²) in [6.45, 7) is 15.0. The topological polar surface area (TPSA) is 123 Å². The molecule has 0 unspecified atom stereocenters. The lowest BCUT2D eigenvalue weighted by Gasteiger charge is -2.37.